The number of nitrogens with zero attached hydrogens (tertiary/aromatic N) is 2. The second-order valence-corrected chi connectivity index (χ2v) is 4.57. The van der Waals surface area contributed by atoms with Crippen molar-refractivity contribution in [1.29, 1.82) is 0 Å². The van der Waals surface area contributed by atoms with Gasteiger partial charge in [0.15, 0.2) is 0 Å². The zero-order valence-electron chi connectivity index (χ0n) is 10.6. The van der Waals surface area contributed by atoms with Gasteiger partial charge in [-0.3, -0.25) is 19.7 Å². The average Bonchev–Trinajstić information content (AvgIpc) is 2.40. The van der Waals surface area contributed by atoms with Gasteiger partial charge in [0.25, 0.3) is 11.6 Å². The zero-order chi connectivity index (χ0) is 15.4. The predicted molar refractivity (Wildman–Crippen MR) is 72.1 cm³/mol. The topological polar surface area (TPSA) is 89.8 Å². The molecule has 7 nitrogen and oxygen atoms in total. The molecule has 0 heterocycles. The van der Waals surface area contributed by atoms with Gasteiger partial charge in [0.2, 0.25) is 0 Å². The molecule has 0 bridgehead atoms. The minimum atomic E-state index is -0.695. The van der Waals surface area contributed by atoms with Crippen LogP contribution in [0.25, 0.3) is 0 Å². The van der Waals surface area contributed by atoms with E-state index in [0.717, 1.165) is 17.0 Å². The van der Waals surface area contributed by atoms with Crippen molar-refractivity contribution in [3.05, 3.63) is 37.9 Å². The maximum atomic E-state index is 12.1. The summed E-state index contributed by atoms with van der Waals surface area (Å²) in [5, 5.41) is 10.5. The van der Waals surface area contributed by atoms with E-state index >= 15 is 0 Å². The summed E-state index contributed by atoms with van der Waals surface area (Å²) < 4.78 is 4.42. The largest absolute Gasteiger partial charge is 0.468 e. The number of carbonyl (C=O) groups excluding carboxylic acids is 2. The number of methoxy groups -OCH3 is 1. The van der Waals surface area contributed by atoms with Crippen molar-refractivity contribution in [2.75, 3.05) is 20.7 Å². The van der Waals surface area contributed by atoms with Crippen molar-refractivity contribution in [1.82, 2.24) is 4.90 Å². The number of halogens is 2. The molecule has 0 radical (unpaired) electrons. The number of hydrogen-bond acceptors (Lipinski definition) is 5. The lowest BCUT2D eigenvalue weighted by atomic mass is 10.1. The molecular formula is C11H10Cl2N2O5. The van der Waals surface area contributed by atoms with Crippen molar-refractivity contribution >= 4 is 40.8 Å². The highest BCUT2D eigenvalue weighted by atomic mass is 35.5. The third-order valence-electron chi connectivity index (χ3n) is 2.39. The molecule has 0 saturated heterocycles. The molecule has 0 unspecified atom stereocenters. The molecule has 0 aliphatic heterocycles. The molecule has 0 atom stereocenters. The third-order valence-corrected chi connectivity index (χ3v) is 3.20. The van der Waals surface area contributed by atoms with Crippen molar-refractivity contribution < 1.29 is 19.2 Å². The molecule has 9 heteroatoms. The lowest BCUT2D eigenvalue weighted by Gasteiger charge is -2.16. The smallest absolute Gasteiger partial charge is 0.325 e. The fourth-order valence-corrected chi connectivity index (χ4v) is 1.77. The van der Waals surface area contributed by atoms with Crippen LogP contribution in [0.2, 0.25) is 10.0 Å². The van der Waals surface area contributed by atoms with E-state index in [1.54, 1.807) is 0 Å². The van der Waals surface area contributed by atoms with Crippen molar-refractivity contribution in [2.45, 2.75) is 0 Å². The molecule has 0 aliphatic carbocycles. The van der Waals surface area contributed by atoms with Gasteiger partial charge in [-0.25, -0.2) is 0 Å². The van der Waals surface area contributed by atoms with Gasteiger partial charge in [0.1, 0.15) is 6.54 Å². The molecule has 1 amide bonds. The Morgan fingerprint density at radius 1 is 1.40 bits per heavy atom. The summed E-state index contributed by atoms with van der Waals surface area (Å²) >= 11 is 11.6. The van der Waals surface area contributed by atoms with Crippen LogP contribution in [-0.4, -0.2) is 42.4 Å². The van der Waals surface area contributed by atoms with Crippen LogP contribution in [-0.2, 0) is 9.53 Å². The number of carbonyl (C=O) groups is 2. The second-order valence-electron chi connectivity index (χ2n) is 3.78. The van der Waals surface area contributed by atoms with Gasteiger partial charge in [-0.2, -0.15) is 0 Å². The van der Waals surface area contributed by atoms with Crippen LogP contribution in [0.4, 0.5) is 5.69 Å². The fraction of sp³-hybridized carbons (Fsp3) is 0.273. The SMILES string of the molecule is COC(=O)CN(C)C(=O)c1cc([N+](=O)[O-])cc(Cl)c1Cl. The van der Waals surface area contributed by atoms with E-state index in [-0.39, 0.29) is 27.8 Å². The highest BCUT2D eigenvalue weighted by Crippen LogP contribution is 2.31. The number of likely N-dealkylation sites (N-methyl/N-ethyl adjacent to an activating group) is 1. The third kappa shape index (κ3) is 3.58. The number of amides is 1. The lowest BCUT2D eigenvalue weighted by Crippen LogP contribution is -2.32. The van der Waals surface area contributed by atoms with E-state index in [0.29, 0.717) is 0 Å². The monoisotopic (exact) mass is 320 g/mol. The molecule has 1 aromatic carbocycles. The van der Waals surface area contributed by atoms with Gasteiger partial charge in [-0.05, 0) is 0 Å². The molecule has 1 rings (SSSR count). The summed E-state index contributed by atoms with van der Waals surface area (Å²) in [6.07, 6.45) is 0. The van der Waals surface area contributed by atoms with Crippen molar-refractivity contribution in [3.63, 3.8) is 0 Å². The Morgan fingerprint density at radius 2 is 2.00 bits per heavy atom. The van der Waals surface area contributed by atoms with Crippen LogP contribution < -0.4 is 0 Å². The number of esters is 1. The summed E-state index contributed by atoms with van der Waals surface area (Å²) in [4.78, 5) is 34.3. The summed E-state index contributed by atoms with van der Waals surface area (Å²) in [5.41, 5.74) is -0.522. The lowest BCUT2D eigenvalue weighted by molar-refractivity contribution is -0.384. The highest BCUT2D eigenvalue weighted by molar-refractivity contribution is 6.44. The summed E-state index contributed by atoms with van der Waals surface area (Å²) in [5.74, 6) is -1.31. The first-order valence-electron chi connectivity index (χ1n) is 5.23. The number of non-ortho nitro benzene ring substituents is 1. The zero-order valence-corrected chi connectivity index (χ0v) is 12.1. The van der Waals surface area contributed by atoms with Crippen molar-refractivity contribution in [2.24, 2.45) is 0 Å². The van der Waals surface area contributed by atoms with Crippen LogP contribution in [0.15, 0.2) is 12.1 Å². The Balaban J connectivity index is 3.15. The van der Waals surface area contributed by atoms with Crippen LogP contribution in [0, 0.1) is 10.1 Å². The van der Waals surface area contributed by atoms with Crippen LogP contribution in [0.5, 0.6) is 0 Å². The first-order valence-corrected chi connectivity index (χ1v) is 5.99. The first-order chi connectivity index (χ1) is 9.27. The molecule has 0 saturated carbocycles. The van der Waals surface area contributed by atoms with Gasteiger partial charge in [0.05, 0.1) is 27.6 Å². The molecular weight excluding hydrogens is 311 g/mol. The quantitative estimate of drug-likeness (QED) is 0.481. The van der Waals surface area contributed by atoms with Gasteiger partial charge in [0, 0.05) is 19.2 Å². The fourth-order valence-electron chi connectivity index (χ4n) is 1.37. The maximum Gasteiger partial charge on any atom is 0.325 e. The Kier molecular flexibility index (Phi) is 5.29. The van der Waals surface area contributed by atoms with Crippen LogP contribution in [0.3, 0.4) is 0 Å². The molecule has 0 aromatic heterocycles. The molecule has 20 heavy (non-hydrogen) atoms. The minimum Gasteiger partial charge on any atom is -0.468 e. The predicted octanol–water partition coefficient (Wildman–Crippen LogP) is 2.15. The molecule has 108 valence electrons. The summed E-state index contributed by atoms with van der Waals surface area (Å²) in [6, 6.07) is 2.05. The second kappa shape index (κ2) is 6.53. The van der Waals surface area contributed by atoms with Gasteiger partial charge < -0.3 is 9.64 Å². The van der Waals surface area contributed by atoms with Crippen LogP contribution in [0.1, 0.15) is 10.4 Å². The van der Waals surface area contributed by atoms with E-state index in [9.17, 15) is 19.7 Å². The Morgan fingerprint density at radius 3 is 2.50 bits per heavy atom. The molecule has 0 fully saturated rings. The molecule has 0 N–H and O–H groups in total. The van der Waals surface area contributed by atoms with E-state index in [1.807, 2.05) is 0 Å². The normalized spacial score (nSPS) is 10.0. The number of hydrogen-bond donors (Lipinski definition) is 0. The number of benzene rings is 1. The van der Waals surface area contributed by atoms with E-state index in [2.05, 4.69) is 4.74 Å². The van der Waals surface area contributed by atoms with E-state index in [1.165, 1.54) is 14.2 Å². The Bertz CT molecular complexity index is 576. The van der Waals surface area contributed by atoms with Gasteiger partial charge in [-0.15, -0.1) is 0 Å². The number of ether oxygens (including phenoxy) is 1. The molecule has 1 aromatic rings. The van der Waals surface area contributed by atoms with Gasteiger partial charge in [-0.1, -0.05) is 23.2 Å². The molecule has 0 spiro atoms. The maximum absolute atomic E-state index is 12.1. The number of nitro groups is 1. The average molecular weight is 321 g/mol. The highest BCUT2D eigenvalue weighted by Gasteiger charge is 2.23. The standard InChI is InChI=1S/C11H10Cl2N2O5/c1-14(5-9(16)20-2)11(17)7-3-6(15(18)19)4-8(12)10(7)13/h3-4H,5H2,1-2H3. The van der Waals surface area contributed by atoms with E-state index < -0.39 is 16.8 Å². The van der Waals surface area contributed by atoms with Gasteiger partial charge >= 0.3 is 5.97 Å². The Hall–Kier alpha value is -1.86. The number of nitro benzene ring substituents is 1. The minimum absolute atomic E-state index is 0.112. The molecule has 0 aliphatic rings. The summed E-state index contributed by atoms with van der Waals surface area (Å²) in [6.45, 7) is -0.314. The van der Waals surface area contributed by atoms with Crippen LogP contribution >= 0.6 is 23.2 Å². The van der Waals surface area contributed by atoms with E-state index in [4.69, 9.17) is 23.2 Å². The number of rotatable bonds is 4. The van der Waals surface area contributed by atoms with Crippen molar-refractivity contribution in [3.8, 4) is 0 Å². The first kappa shape index (κ1) is 16.2. The summed E-state index contributed by atoms with van der Waals surface area (Å²) in [7, 11) is 2.51. The Labute approximate surface area is 124 Å².